The molecule has 2 heterocycles. The van der Waals surface area contributed by atoms with Crippen molar-refractivity contribution in [3.63, 3.8) is 0 Å². The van der Waals surface area contributed by atoms with E-state index >= 15 is 0 Å². The molecule has 2 aromatic carbocycles. The molecular weight excluding hydrogens is 602 g/mol. The summed E-state index contributed by atoms with van der Waals surface area (Å²) in [6.07, 6.45) is 2.30. The monoisotopic (exact) mass is 616 g/mol. The second-order valence-electron chi connectivity index (χ2n) is 7.40. The second-order valence-corrected chi connectivity index (χ2v) is 9.48. The number of phenols is 1. The van der Waals surface area contributed by atoms with E-state index < -0.39 is 11.7 Å². The molecule has 0 bridgehead atoms. The number of morpholine rings is 1. The van der Waals surface area contributed by atoms with Crippen LogP contribution >= 0.6 is 50.7 Å². The van der Waals surface area contributed by atoms with Crippen molar-refractivity contribution in [1.29, 1.82) is 0 Å². The van der Waals surface area contributed by atoms with Crippen LogP contribution in [0.15, 0.2) is 40.0 Å². The Morgan fingerprint density at radius 1 is 1.22 bits per heavy atom. The van der Waals surface area contributed by atoms with Gasteiger partial charge in [0.1, 0.15) is 5.75 Å². The van der Waals surface area contributed by atoms with E-state index in [0.717, 1.165) is 6.20 Å². The Morgan fingerprint density at radius 2 is 1.97 bits per heavy atom. The predicted octanol–water partition coefficient (Wildman–Crippen LogP) is 5.58. The molecule has 1 saturated heterocycles. The Labute approximate surface area is 228 Å². The Bertz CT molecular complexity index is 1340. The van der Waals surface area contributed by atoms with Crippen LogP contribution in [0.25, 0.3) is 0 Å². The Morgan fingerprint density at radius 3 is 2.72 bits per heavy atom. The first-order valence-electron chi connectivity index (χ1n) is 10.4. The number of hydrogen-bond acceptors (Lipinski definition) is 8. The molecule has 1 aliphatic heterocycles. The fraction of sp³-hybridized carbons (Fsp3) is 0.182. The molecule has 1 amide bonds. The van der Waals surface area contributed by atoms with Gasteiger partial charge in [-0.15, -0.1) is 0 Å². The number of benzene rings is 2. The molecule has 3 N–H and O–H groups in total. The molecule has 0 radical (unpaired) electrons. The van der Waals surface area contributed by atoms with Crippen molar-refractivity contribution >= 4 is 80.3 Å². The minimum atomic E-state index is -0.608. The number of hydrogen-bond donors (Lipinski definition) is 3. The zero-order valence-electron chi connectivity index (χ0n) is 18.2. The van der Waals surface area contributed by atoms with Gasteiger partial charge in [-0.1, -0.05) is 50.7 Å². The Kier molecular flexibility index (Phi) is 8.47. The molecular formula is C22H17BrCl3FN6O3. The number of nitrogens with zero attached hydrogens (tertiary/aromatic N) is 4. The number of rotatable bonds is 6. The number of carbonyl (C=O) groups excluding carboxylic acids is 1. The van der Waals surface area contributed by atoms with Crippen LogP contribution < -0.4 is 15.6 Å². The third-order valence-corrected chi connectivity index (χ3v) is 6.68. The van der Waals surface area contributed by atoms with E-state index in [0.29, 0.717) is 30.8 Å². The highest BCUT2D eigenvalue weighted by Gasteiger charge is 2.19. The van der Waals surface area contributed by atoms with Gasteiger partial charge in [-0.25, -0.2) is 14.8 Å². The van der Waals surface area contributed by atoms with Crippen molar-refractivity contribution in [2.24, 2.45) is 5.10 Å². The maximum atomic E-state index is 14.2. The highest BCUT2D eigenvalue weighted by Crippen LogP contribution is 2.35. The van der Waals surface area contributed by atoms with Gasteiger partial charge in [0.2, 0.25) is 5.95 Å². The highest BCUT2D eigenvalue weighted by molar-refractivity contribution is 9.10. The van der Waals surface area contributed by atoms with E-state index in [-0.39, 0.29) is 49.4 Å². The van der Waals surface area contributed by atoms with Crippen LogP contribution in [0.5, 0.6) is 5.75 Å². The lowest BCUT2D eigenvalue weighted by Crippen LogP contribution is -2.37. The molecule has 14 heteroatoms. The SMILES string of the molecule is O=C(Nc1cc(Br)cc(Cl)c1Cl)c1ccc(/C=N\Nc2ncc(F)c(N3CCOCC3)n2)c(O)c1Cl. The fourth-order valence-electron chi connectivity index (χ4n) is 3.26. The molecule has 1 aliphatic rings. The van der Waals surface area contributed by atoms with Crippen molar-refractivity contribution < 1.29 is 19.0 Å². The van der Waals surface area contributed by atoms with Crippen LogP contribution in [-0.4, -0.2) is 53.5 Å². The van der Waals surface area contributed by atoms with Gasteiger partial charge >= 0.3 is 0 Å². The van der Waals surface area contributed by atoms with Gasteiger partial charge in [0.05, 0.1) is 51.9 Å². The number of hydrazone groups is 1. The lowest BCUT2D eigenvalue weighted by Gasteiger charge is -2.27. The van der Waals surface area contributed by atoms with E-state index in [1.807, 2.05) is 0 Å². The van der Waals surface area contributed by atoms with Crippen LogP contribution in [0.2, 0.25) is 15.1 Å². The number of aromatic nitrogens is 2. The smallest absolute Gasteiger partial charge is 0.257 e. The molecule has 0 spiro atoms. The second kappa shape index (κ2) is 11.6. The minimum absolute atomic E-state index is 0.00320. The van der Waals surface area contributed by atoms with Crippen LogP contribution in [0, 0.1) is 5.82 Å². The molecule has 0 unspecified atom stereocenters. The van der Waals surface area contributed by atoms with E-state index in [1.165, 1.54) is 18.3 Å². The van der Waals surface area contributed by atoms with Gasteiger partial charge in [-0.2, -0.15) is 10.1 Å². The third kappa shape index (κ3) is 5.98. The number of halogens is 5. The molecule has 0 atom stereocenters. The third-order valence-electron chi connectivity index (χ3n) is 5.04. The number of carbonyl (C=O) groups is 1. The number of amides is 1. The molecule has 36 heavy (non-hydrogen) atoms. The van der Waals surface area contributed by atoms with Gasteiger partial charge in [0, 0.05) is 23.1 Å². The maximum absolute atomic E-state index is 14.2. The number of aromatic hydroxyl groups is 1. The Balaban J connectivity index is 1.47. The van der Waals surface area contributed by atoms with Crippen molar-refractivity contribution in [2.75, 3.05) is 41.9 Å². The fourth-order valence-corrected chi connectivity index (χ4v) is 4.49. The van der Waals surface area contributed by atoms with E-state index in [4.69, 9.17) is 39.5 Å². The largest absolute Gasteiger partial charge is 0.506 e. The van der Waals surface area contributed by atoms with Crippen molar-refractivity contribution in [1.82, 2.24) is 9.97 Å². The molecule has 0 saturated carbocycles. The predicted molar refractivity (Wildman–Crippen MR) is 141 cm³/mol. The normalized spacial score (nSPS) is 13.8. The number of ether oxygens (including phenoxy) is 1. The molecule has 3 aromatic rings. The topological polar surface area (TPSA) is 112 Å². The zero-order valence-corrected chi connectivity index (χ0v) is 22.1. The van der Waals surface area contributed by atoms with Gasteiger partial charge in [-0.3, -0.25) is 4.79 Å². The number of phenolic OH excluding ortho intramolecular Hbond substituents is 1. The molecule has 188 valence electrons. The maximum Gasteiger partial charge on any atom is 0.257 e. The minimum Gasteiger partial charge on any atom is -0.506 e. The molecule has 0 aliphatic carbocycles. The highest BCUT2D eigenvalue weighted by atomic mass is 79.9. The van der Waals surface area contributed by atoms with Crippen molar-refractivity contribution in [2.45, 2.75) is 0 Å². The Hall–Kier alpha value is -2.70. The summed E-state index contributed by atoms with van der Waals surface area (Å²) >= 11 is 21.7. The summed E-state index contributed by atoms with van der Waals surface area (Å²) in [6.45, 7) is 1.96. The van der Waals surface area contributed by atoms with E-state index in [2.05, 4.69) is 41.7 Å². The summed E-state index contributed by atoms with van der Waals surface area (Å²) in [6, 6.07) is 6.02. The number of nitrogens with one attached hydrogen (secondary N) is 2. The standard InChI is InChI=1S/C22H17BrCl3FN6O3/c23-12-7-14(24)18(26)16(8-12)30-21(35)13-2-1-11(19(34)17(13)25)9-29-32-22-28-10-15(27)20(31-22)33-3-5-36-6-4-33/h1-2,7-10,34H,3-6H2,(H,30,35)(H,28,31,32)/b29-9-. The zero-order chi connectivity index (χ0) is 25.8. The van der Waals surface area contributed by atoms with Crippen molar-refractivity contribution in [3.05, 3.63) is 66.9 Å². The average Bonchev–Trinajstić information content (AvgIpc) is 2.86. The first kappa shape index (κ1) is 26.4. The number of anilines is 3. The van der Waals surface area contributed by atoms with Gasteiger partial charge in [-0.05, 0) is 24.3 Å². The summed E-state index contributed by atoms with van der Waals surface area (Å²) in [5, 5.41) is 17.3. The van der Waals surface area contributed by atoms with Gasteiger partial charge < -0.3 is 20.1 Å². The first-order valence-corrected chi connectivity index (χ1v) is 12.3. The lowest BCUT2D eigenvalue weighted by molar-refractivity contribution is 0.102. The lowest BCUT2D eigenvalue weighted by atomic mass is 10.1. The van der Waals surface area contributed by atoms with Crippen LogP contribution in [-0.2, 0) is 4.74 Å². The molecule has 4 rings (SSSR count). The van der Waals surface area contributed by atoms with Crippen LogP contribution in [0.4, 0.5) is 21.8 Å². The first-order chi connectivity index (χ1) is 17.2. The van der Waals surface area contributed by atoms with E-state index in [9.17, 15) is 14.3 Å². The molecule has 1 aromatic heterocycles. The average molecular weight is 619 g/mol. The summed E-state index contributed by atoms with van der Waals surface area (Å²) < 4.78 is 20.1. The summed E-state index contributed by atoms with van der Waals surface area (Å²) in [4.78, 5) is 22.5. The molecule has 1 fully saturated rings. The molecule has 9 nitrogen and oxygen atoms in total. The summed E-state index contributed by atoms with van der Waals surface area (Å²) in [5.74, 6) is -1.35. The van der Waals surface area contributed by atoms with Crippen LogP contribution in [0.1, 0.15) is 15.9 Å². The summed E-state index contributed by atoms with van der Waals surface area (Å²) in [5.41, 5.74) is 3.07. The van der Waals surface area contributed by atoms with Gasteiger partial charge in [0.15, 0.2) is 11.6 Å². The quantitative estimate of drug-likeness (QED) is 0.188. The van der Waals surface area contributed by atoms with E-state index in [1.54, 1.807) is 17.0 Å². The summed E-state index contributed by atoms with van der Waals surface area (Å²) in [7, 11) is 0. The van der Waals surface area contributed by atoms with Gasteiger partial charge in [0.25, 0.3) is 5.91 Å². The van der Waals surface area contributed by atoms with Crippen LogP contribution in [0.3, 0.4) is 0 Å². The van der Waals surface area contributed by atoms with Crippen molar-refractivity contribution in [3.8, 4) is 5.75 Å².